The Morgan fingerprint density at radius 3 is 2.39 bits per heavy atom. The van der Waals surface area contributed by atoms with Gasteiger partial charge in [-0.1, -0.05) is 31.0 Å². The number of nitrogens with zero attached hydrogens (tertiary/aromatic N) is 3. The van der Waals surface area contributed by atoms with Crippen molar-refractivity contribution < 1.29 is 9.59 Å². The van der Waals surface area contributed by atoms with Crippen LogP contribution in [0.15, 0.2) is 24.3 Å². The Morgan fingerprint density at radius 2 is 1.71 bits per heavy atom. The summed E-state index contributed by atoms with van der Waals surface area (Å²) in [5.74, 6) is 0.210. The van der Waals surface area contributed by atoms with Gasteiger partial charge in [-0.05, 0) is 38.4 Å². The van der Waals surface area contributed by atoms with Crippen LogP contribution in [0.25, 0.3) is 0 Å². The minimum Gasteiger partial charge on any atom is -0.340 e. The van der Waals surface area contributed by atoms with Crippen LogP contribution in [-0.2, 0) is 4.79 Å². The van der Waals surface area contributed by atoms with Gasteiger partial charge in [-0.3, -0.25) is 4.79 Å². The molecule has 0 bridgehead atoms. The number of nitrogens with one attached hydrogen (secondary N) is 1. The zero-order valence-corrected chi connectivity index (χ0v) is 17.1. The molecule has 2 heterocycles. The number of likely N-dealkylation sites (N-methyl/N-ethyl adjacent to an activating group) is 1. The van der Waals surface area contributed by atoms with Gasteiger partial charge in [0.2, 0.25) is 5.91 Å². The summed E-state index contributed by atoms with van der Waals surface area (Å²) in [4.78, 5) is 32.6. The Balaban J connectivity index is 1.48. The van der Waals surface area contributed by atoms with E-state index in [0.29, 0.717) is 13.1 Å². The second kappa shape index (κ2) is 7.74. The van der Waals surface area contributed by atoms with Crippen molar-refractivity contribution >= 4 is 17.6 Å². The van der Waals surface area contributed by atoms with Gasteiger partial charge in [0, 0.05) is 50.4 Å². The van der Waals surface area contributed by atoms with E-state index in [4.69, 9.17) is 0 Å². The number of para-hydroxylation sites is 1. The van der Waals surface area contributed by atoms with Gasteiger partial charge in [0.15, 0.2) is 0 Å². The summed E-state index contributed by atoms with van der Waals surface area (Å²) in [7, 11) is 2.10. The first kappa shape index (κ1) is 19.2. The predicted molar refractivity (Wildman–Crippen MR) is 110 cm³/mol. The number of carbonyl (C=O) groups is 2. The molecule has 1 N–H and O–H groups in total. The second-order valence-corrected chi connectivity index (χ2v) is 8.88. The molecule has 1 atom stereocenters. The van der Waals surface area contributed by atoms with Crippen LogP contribution in [0.4, 0.5) is 10.5 Å². The number of carbonyl (C=O) groups excluding carboxylic acids is 2. The summed E-state index contributed by atoms with van der Waals surface area (Å²) in [5.41, 5.74) is 1.88. The molecule has 3 amide bonds. The highest BCUT2D eigenvalue weighted by molar-refractivity contribution is 5.91. The molecule has 3 aliphatic rings. The van der Waals surface area contributed by atoms with E-state index in [-0.39, 0.29) is 23.3 Å². The average molecular weight is 385 g/mol. The highest BCUT2D eigenvalue weighted by atomic mass is 16.2. The van der Waals surface area contributed by atoms with Crippen LogP contribution in [0.5, 0.6) is 0 Å². The van der Waals surface area contributed by atoms with Crippen LogP contribution in [0.3, 0.4) is 0 Å². The monoisotopic (exact) mass is 384 g/mol. The minimum absolute atomic E-state index is 0.0243. The fourth-order valence-electron chi connectivity index (χ4n) is 5.20. The van der Waals surface area contributed by atoms with E-state index in [0.717, 1.165) is 50.3 Å². The summed E-state index contributed by atoms with van der Waals surface area (Å²) in [6.45, 7) is 6.72. The second-order valence-electron chi connectivity index (χ2n) is 8.88. The number of hydrogen-bond acceptors (Lipinski definition) is 3. The Morgan fingerprint density at radius 1 is 1.04 bits per heavy atom. The molecule has 1 aromatic carbocycles. The van der Waals surface area contributed by atoms with E-state index in [1.165, 1.54) is 12.8 Å². The molecule has 1 aromatic rings. The normalized spacial score (nSPS) is 24.7. The topological polar surface area (TPSA) is 55.9 Å². The van der Waals surface area contributed by atoms with Gasteiger partial charge in [0.1, 0.15) is 0 Å². The van der Waals surface area contributed by atoms with Gasteiger partial charge >= 0.3 is 6.03 Å². The van der Waals surface area contributed by atoms with Crippen LogP contribution in [-0.4, -0.2) is 73.0 Å². The number of aryl methyl sites for hydroxylation is 1. The van der Waals surface area contributed by atoms with E-state index in [2.05, 4.69) is 17.3 Å². The van der Waals surface area contributed by atoms with Crippen molar-refractivity contribution in [2.75, 3.05) is 51.6 Å². The van der Waals surface area contributed by atoms with Gasteiger partial charge in [-0.2, -0.15) is 0 Å². The molecule has 6 nitrogen and oxygen atoms in total. The molecule has 6 heteroatoms. The average Bonchev–Trinajstić information content (AvgIpc) is 3.31. The van der Waals surface area contributed by atoms with Crippen LogP contribution >= 0.6 is 0 Å². The van der Waals surface area contributed by atoms with Gasteiger partial charge in [0.25, 0.3) is 0 Å². The number of rotatable bonds is 2. The number of piperazine rings is 1. The standard InChI is InChI=1S/C22H32N4O2/c1-17-7-3-4-8-19(17)23-21(28)26-15-18(22(16-26)9-5-6-10-22)20(27)25-13-11-24(2)12-14-25/h3-4,7-8,18H,5-6,9-16H2,1-2H3,(H,23,28). The smallest absolute Gasteiger partial charge is 0.321 e. The summed E-state index contributed by atoms with van der Waals surface area (Å²) < 4.78 is 0. The van der Waals surface area contributed by atoms with Crippen molar-refractivity contribution in [3.05, 3.63) is 29.8 Å². The lowest BCUT2D eigenvalue weighted by molar-refractivity contribution is -0.139. The zero-order chi connectivity index (χ0) is 19.7. The van der Waals surface area contributed by atoms with Gasteiger partial charge < -0.3 is 20.0 Å². The summed E-state index contributed by atoms with van der Waals surface area (Å²) in [6.07, 6.45) is 4.45. The molecule has 2 saturated heterocycles. The number of amides is 3. The minimum atomic E-state index is -0.0748. The molecule has 0 aromatic heterocycles. The molecular formula is C22H32N4O2. The molecule has 4 rings (SSSR count). The quantitative estimate of drug-likeness (QED) is 0.853. The Labute approximate surface area is 167 Å². The molecule has 0 radical (unpaired) electrons. The Hall–Kier alpha value is -2.08. The third-order valence-corrected chi connectivity index (χ3v) is 7.03. The maximum Gasteiger partial charge on any atom is 0.321 e. The van der Waals surface area contributed by atoms with E-state index >= 15 is 0 Å². The largest absolute Gasteiger partial charge is 0.340 e. The van der Waals surface area contributed by atoms with Crippen molar-refractivity contribution in [1.29, 1.82) is 0 Å². The lowest BCUT2D eigenvalue weighted by Gasteiger charge is -2.37. The highest BCUT2D eigenvalue weighted by Gasteiger charge is 2.53. The molecule has 1 unspecified atom stereocenters. The van der Waals surface area contributed by atoms with Crippen molar-refractivity contribution in [3.63, 3.8) is 0 Å². The van der Waals surface area contributed by atoms with Crippen molar-refractivity contribution in [1.82, 2.24) is 14.7 Å². The lowest BCUT2D eigenvalue weighted by Crippen LogP contribution is -2.51. The molecule has 1 saturated carbocycles. The van der Waals surface area contributed by atoms with Crippen LogP contribution < -0.4 is 5.32 Å². The number of benzene rings is 1. The van der Waals surface area contributed by atoms with E-state index < -0.39 is 0 Å². The van der Waals surface area contributed by atoms with Gasteiger partial charge in [0.05, 0.1) is 5.92 Å². The first-order valence-electron chi connectivity index (χ1n) is 10.6. The first-order valence-corrected chi connectivity index (χ1v) is 10.6. The van der Waals surface area contributed by atoms with Crippen molar-refractivity contribution in [2.45, 2.75) is 32.6 Å². The molecule has 1 spiro atoms. The number of likely N-dealkylation sites (tertiary alicyclic amines) is 1. The Kier molecular flexibility index (Phi) is 5.32. The highest BCUT2D eigenvalue weighted by Crippen LogP contribution is 2.49. The molecule has 1 aliphatic carbocycles. The van der Waals surface area contributed by atoms with Crippen molar-refractivity contribution in [2.24, 2.45) is 11.3 Å². The van der Waals surface area contributed by atoms with E-state index in [1.54, 1.807) is 0 Å². The van der Waals surface area contributed by atoms with Crippen LogP contribution in [0.2, 0.25) is 0 Å². The van der Waals surface area contributed by atoms with Crippen LogP contribution in [0.1, 0.15) is 31.2 Å². The van der Waals surface area contributed by atoms with Gasteiger partial charge in [-0.15, -0.1) is 0 Å². The summed E-state index contributed by atoms with van der Waals surface area (Å²) in [6, 6.07) is 7.76. The zero-order valence-electron chi connectivity index (χ0n) is 17.1. The maximum atomic E-state index is 13.4. The van der Waals surface area contributed by atoms with Crippen LogP contribution in [0, 0.1) is 18.3 Å². The molecule has 2 aliphatic heterocycles. The third-order valence-electron chi connectivity index (χ3n) is 7.03. The fourth-order valence-corrected chi connectivity index (χ4v) is 5.20. The molecule has 3 fully saturated rings. The van der Waals surface area contributed by atoms with E-state index in [1.807, 2.05) is 41.0 Å². The predicted octanol–water partition coefficient (Wildman–Crippen LogP) is 2.79. The number of anilines is 1. The van der Waals surface area contributed by atoms with Crippen molar-refractivity contribution in [3.8, 4) is 0 Å². The third kappa shape index (κ3) is 3.62. The molecule has 152 valence electrons. The first-order chi connectivity index (χ1) is 13.5. The summed E-state index contributed by atoms with van der Waals surface area (Å²) >= 11 is 0. The number of urea groups is 1. The number of hydrogen-bond donors (Lipinski definition) is 1. The summed E-state index contributed by atoms with van der Waals surface area (Å²) in [5, 5.41) is 3.06. The molecular weight excluding hydrogens is 352 g/mol. The van der Waals surface area contributed by atoms with Gasteiger partial charge in [-0.25, -0.2) is 4.79 Å². The van der Waals surface area contributed by atoms with E-state index in [9.17, 15) is 9.59 Å². The fraction of sp³-hybridized carbons (Fsp3) is 0.636. The lowest BCUT2D eigenvalue weighted by atomic mass is 9.76. The SMILES string of the molecule is Cc1ccccc1NC(=O)N1CC(C(=O)N2CCN(C)CC2)C2(CCCC2)C1. The maximum absolute atomic E-state index is 13.4. The molecule has 28 heavy (non-hydrogen) atoms. The Bertz CT molecular complexity index is 736.